The highest BCUT2D eigenvalue weighted by atomic mass is 32.2. The number of methoxy groups -OCH3 is 2. The van der Waals surface area contributed by atoms with Crippen molar-refractivity contribution in [1.82, 2.24) is 0 Å². The van der Waals surface area contributed by atoms with Crippen molar-refractivity contribution in [1.29, 1.82) is 0 Å². The number of hydrogen-bond donors (Lipinski definition) is 0. The number of ether oxygens (including phenoxy) is 2. The molecule has 0 radical (unpaired) electrons. The zero-order chi connectivity index (χ0) is 14.4. The van der Waals surface area contributed by atoms with Crippen LogP contribution in [-0.2, 0) is 14.2 Å². The monoisotopic (exact) mass is 316 g/mol. The minimum Gasteiger partial charge on any atom is -0.376 e. The van der Waals surface area contributed by atoms with E-state index in [1.54, 1.807) is 14.2 Å². The molecule has 0 amide bonds. The summed E-state index contributed by atoms with van der Waals surface area (Å²) in [6.45, 7) is 0. The van der Waals surface area contributed by atoms with E-state index in [0.717, 1.165) is 0 Å². The molecule has 108 valence electrons. The minimum absolute atomic E-state index is 0.0377. The molecule has 21 heavy (non-hydrogen) atoms. The average Bonchev–Trinajstić information content (AvgIpc) is 2.51. The van der Waals surface area contributed by atoms with E-state index in [0.29, 0.717) is 0 Å². The predicted octanol–water partition coefficient (Wildman–Crippen LogP) is 4.13. The molecule has 2 aromatic rings. The van der Waals surface area contributed by atoms with Crippen molar-refractivity contribution in [2.24, 2.45) is 0 Å². The summed E-state index contributed by atoms with van der Waals surface area (Å²) in [5.74, 6) is 0. The topological polar surface area (TPSA) is 18.5 Å². The van der Waals surface area contributed by atoms with Crippen LogP contribution in [0.15, 0.2) is 58.3 Å². The standard InChI is InChI=1S/C17H16O2S2/c1-18-15-16(19-2)21-17(15)11-7-3-5-9-13(11)20-14-10-6-4-8-12(14)17/h3-10,15-16H,1-2H3/t15-,16+/m1/s1. The second kappa shape index (κ2) is 5.06. The van der Waals surface area contributed by atoms with Gasteiger partial charge >= 0.3 is 0 Å². The molecule has 2 heterocycles. The molecule has 2 nitrogen and oxygen atoms in total. The number of hydrogen-bond acceptors (Lipinski definition) is 4. The van der Waals surface area contributed by atoms with Gasteiger partial charge in [-0.2, -0.15) is 0 Å². The van der Waals surface area contributed by atoms with Crippen LogP contribution in [0.5, 0.6) is 0 Å². The fourth-order valence-corrected chi connectivity index (χ4v) is 6.28. The highest BCUT2D eigenvalue weighted by Crippen LogP contribution is 2.65. The maximum absolute atomic E-state index is 5.84. The van der Waals surface area contributed by atoms with Crippen molar-refractivity contribution >= 4 is 23.5 Å². The zero-order valence-electron chi connectivity index (χ0n) is 11.9. The molecule has 0 aromatic heterocycles. The first-order valence-electron chi connectivity index (χ1n) is 6.91. The van der Waals surface area contributed by atoms with Crippen LogP contribution in [0, 0.1) is 0 Å². The van der Waals surface area contributed by atoms with E-state index in [9.17, 15) is 0 Å². The summed E-state index contributed by atoms with van der Waals surface area (Å²) in [7, 11) is 3.54. The van der Waals surface area contributed by atoms with Gasteiger partial charge in [0.2, 0.25) is 0 Å². The van der Waals surface area contributed by atoms with E-state index in [1.165, 1.54) is 20.9 Å². The van der Waals surface area contributed by atoms with Crippen molar-refractivity contribution in [2.75, 3.05) is 14.2 Å². The van der Waals surface area contributed by atoms with Gasteiger partial charge < -0.3 is 9.47 Å². The van der Waals surface area contributed by atoms with Crippen LogP contribution in [0.1, 0.15) is 11.1 Å². The largest absolute Gasteiger partial charge is 0.376 e. The fraction of sp³-hybridized carbons (Fsp3) is 0.294. The summed E-state index contributed by atoms with van der Waals surface area (Å²) in [6, 6.07) is 17.3. The molecule has 0 aliphatic carbocycles. The first kappa shape index (κ1) is 13.7. The van der Waals surface area contributed by atoms with Crippen LogP contribution in [0.4, 0.5) is 0 Å². The molecule has 1 fully saturated rings. The van der Waals surface area contributed by atoms with Gasteiger partial charge in [0.15, 0.2) is 0 Å². The second-order valence-electron chi connectivity index (χ2n) is 5.21. The highest BCUT2D eigenvalue weighted by molar-refractivity contribution is 8.03. The summed E-state index contributed by atoms with van der Waals surface area (Å²) in [4.78, 5) is 2.64. The van der Waals surface area contributed by atoms with Crippen molar-refractivity contribution in [2.45, 2.75) is 26.1 Å². The van der Waals surface area contributed by atoms with Crippen molar-refractivity contribution < 1.29 is 9.47 Å². The van der Waals surface area contributed by atoms with Gasteiger partial charge in [-0.1, -0.05) is 48.2 Å². The normalized spacial score (nSPS) is 25.0. The van der Waals surface area contributed by atoms with E-state index in [4.69, 9.17) is 9.47 Å². The Morgan fingerprint density at radius 2 is 1.43 bits per heavy atom. The van der Waals surface area contributed by atoms with Crippen molar-refractivity contribution in [3.8, 4) is 0 Å². The Labute approximate surface area is 133 Å². The zero-order valence-corrected chi connectivity index (χ0v) is 13.5. The maximum atomic E-state index is 5.84. The molecule has 0 unspecified atom stereocenters. The molecule has 2 aliphatic heterocycles. The molecule has 1 saturated heterocycles. The Balaban J connectivity index is 1.94. The Morgan fingerprint density at radius 3 is 1.95 bits per heavy atom. The fourth-order valence-electron chi connectivity index (χ4n) is 3.30. The van der Waals surface area contributed by atoms with Crippen LogP contribution in [0.2, 0.25) is 0 Å². The summed E-state index contributed by atoms with van der Waals surface area (Å²) >= 11 is 3.70. The van der Waals surface area contributed by atoms with Gasteiger partial charge in [-0.05, 0) is 23.3 Å². The van der Waals surface area contributed by atoms with E-state index < -0.39 is 0 Å². The molecule has 2 aromatic carbocycles. The van der Waals surface area contributed by atoms with Crippen LogP contribution >= 0.6 is 23.5 Å². The lowest BCUT2D eigenvalue weighted by Gasteiger charge is -2.55. The number of benzene rings is 2. The Hall–Kier alpha value is -0.940. The van der Waals surface area contributed by atoms with Gasteiger partial charge in [0, 0.05) is 24.0 Å². The Morgan fingerprint density at radius 1 is 0.857 bits per heavy atom. The highest BCUT2D eigenvalue weighted by Gasteiger charge is 2.60. The predicted molar refractivity (Wildman–Crippen MR) is 87.0 cm³/mol. The molecule has 0 bridgehead atoms. The average molecular weight is 316 g/mol. The SMILES string of the molecule is CO[C@@H]1[C@@H](OC)SC12c1ccccc1Sc1ccccc12. The van der Waals surface area contributed by atoms with Gasteiger partial charge in [0.05, 0.1) is 0 Å². The van der Waals surface area contributed by atoms with Crippen LogP contribution in [-0.4, -0.2) is 25.8 Å². The van der Waals surface area contributed by atoms with E-state index >= 15 is 0 Å². The number of thioether (sulfide) groups is 1. The second-order valence-corrected chi connectivity index (χ2v) is 7.64. The van der Waals surface area contributed by atoms with Crippen LogP contribution in [0.25, 0.3) is 0 Å². The molecule has 2 atom stereocenters. The first-order valence-corrected chi connectivity index (χ1v) is 8.61. The van der Waals surface area contributed by atoms with E-state index in [2.05, 4.69) is 48.5 Å². The molecule has 2 aliphatic rings. The Kier molecular flexibility index (Phi) is 3.30. The molecular weight excluding hydrogens is 300 g/mol. The maximum Gasteiger partial charge on any atom is 0.132 e. The third-order valence-corrected chi connectivity index (χ3v) is 7.10. The third kappa shape index (κ3) is 1.77. The summed E-state index contributed by atoms with van der Waals surface area (Å²) in [5.41, 5.74) is 2.77. The van der Waals surface area contributed by atoms with Crippen molar-refractivity contribution in [3.63, 3.8) is 0 Å². The number of fused-ring (bicyclic) bond motifs is 4. The lowest BCUT2D eigenvalue weighted by molar-refractivity contribution is -0.0291. The quantitative estimate of drug-likeness (QED) is 0.829. The van der Waals surface area contributed by atoms with Gasteiger partial charge in [0.1, 0.15) is 16.3 Å². The molecule has 4 heteroatoms. The number of rotatable bonds is 2. The summed E-state index contributed by atoms with van der Waals surface area (Å²) < 4.78 is 11.3. The smallest absolute Gasteiger partial charge is 0.132 e. The van der Waals surface area contributed by atoms with Gasteiger partial charge in [0.25, 0.3) is 0 Å². The molecule has 4 rings (SSSR count). The molecule has 0 saturated carbocycles. The molecular formula is C17H16O2S2. The van der Waals surface area contributed by atoms with Crippen LogP contribution in [0.3, 0.4) is 0 Å². The Bertz CT molecular complexity index is 640. The van der Waals surface area contributed by atoms with Crippen LogP contribution < -0.4 is 0 Å². The molecule has 1 spiro atoms. The minimum atomic E-state index is -0.145. The van der Waals surface area contributed by atoms with Gasteiger partial charge in [-0.3, -0.25) is 0 Å². The van der Waals surface area contributed by atoms with Gasteiger partial charge in [-0.15, -0.1) is 11.8 Å². The summed E-state index contributed by atoms with van der Waals surface area (Å²) in [6.07, 6.45) is 0.0377. The van der Waals surface area contributed by atoms with E-state index in [-0.39, 0.29) is 16.3 Å². The lowest BCUT2D eigenvalue weighted by Crippen LogP contribution is -2.57. The van der Waals surface area contributed by atoms with Crippen molar-refractivity contribution in [3.05, 3.63) is 59.7 Å². The van der Waals surface area contributed by atoms with E-state index in [1.807, 2.05) is 23.5 Å². The third-order valence-electron chi connectivity index (χ3n) is 4.23. The van der Waals surface area contributed by atoms with Gasteiger partial charge in [-0.25, -0.2) is 0 Å². The first-order chi connectivity index (χ1) is 10.3. The lowest BCUT2D eigenvalue weighted by atomic mass is 9.83. The molecule has 0 N–H and O–H groups in total. The summed E-state index contributed by atoms with van der Waals surface area (Å²) in [5, 5.41) is 0.